The Balaban J connectivity index is 1.79. The molecule has 0 amide bonds. The molecular formula is C20H17F2N5O3S. The second kappa shape index (κ2) is 7.91. The van der Waals surface area contributed by atoms with Crippen molar-refractivity contribution in [1.82, 2.24) is 20.2 Å². The molecule has 0 saturated heterocycles. The lowest BCUT2D eigenvalue weighted by molar-refractivity contribution is 0.103. The molecule has 0 spiro atoms. The molecule has 0 fully saturated rings. The molecule has 4 rings (SSSR count). The van der Waals surface area contributed by atoms with Crippen LogP contribution in [0.3, 0.4) is 0 Å². The van der Waals surface area contributed by atoms with E-state index in [-0.39, 0.29) is 11.3 Å². The molecule has 0 atom stereocenters. The zero-order valence-corrected chi connectivity index (χ0v) is 17.1. The minimum absolute atomic E-state index is 0.000731. The number of benzene rings is 1. The van der Waals surface area contributed by atoms with Crippen molar-refractivity contribution in [3.05, 3.63) is 65.7 Å². The van der Waals surface area contributed by atoms with Crippen LogP contribution in [-0.4, -0.2) is 40.1 Å². The smallest absolute Gasteiger partial charge is 0.232 e. The maximum absolute atomic E-state index is 15.0. The SMILES string of the molecule is CCCS(=O)(=O)Nc1ccc(F)c(C(=O)c2c[nH]c3ncc(-c4cn[nH]c4)cc23)c1F. The van der Waals surface area contributed by atoms with Gasteiger partial charge in [-0.2, -0.15) is 5.10 Å². The number of hydrogen-bond donors (Lipinski definition) is 3. The first-order chi connectivity index (χ1) is 14.8. The van der Waals surface area contributed by atoms with Gasteiger partial charge in [-0.05, 0) is 24.6 Å². The molecular weight excluding hydrogens is 428 g/mol. The number of fused-ring (bicyclic) bond motifs is 1. The van der Waals surface area contributed by atoms with Crippen LogP contribution in [0.4, 0.5) is 14.5 Å². The predicted octanol–water partition coefficient (Wildman–Crippen LogP) is 3.61. The molecule has 0 bridgehead atoms. The van der Waals surface area contributed by atoms with Crippen LogP contribution < -0.4 is 4.72 Å². The lowest BCUT2D eigenvalue weighted by Gasteiger charge is -2.11. The minimum atomic E-state index is -3.83. The Kier molecular flexibility index (Phi) is 5.27. The number of nitrogens with one attached hydrogen (secondary N) is 3. The van der Waals surface area contributed by atoms with Crippen molar-refractivity contribution in [2.24, 2.45) is 0 Å². The van der Waals surface area contributed by atoms with E-state index in [0.717, 1.165) is 17.7 Å². The molecule has 160 valence electrons. The van der Waals surface area contributed by atoms with Gasteiger partial charge in [0.25, 0.3) is 0 Å². The molecule has 31 heavy (non-hydrogen) atoms. The number of H-pyrrole nitrogens is 2. The van der Waals surface area contributed by atoms with Crippen molar-refractivity contribution >= 4 is 32.5 Å². The molecule has 0 aliphatic carbocycles. The van der Waals surface area contributed by atoms with Crippen LogP contribution in [0.2, 0.25) is 0 Å². The van der Waals surface area contributed by atoms with Gasteiger partial charge in [0.05, 0.1) is 23.2 Å². The third kappa shape index (κ3) is 3.91. The van der Waals surface area contributed by atoms with E-state index in [1.807, 2.05) is 0 Å². The van der Waals surface area contributed by atoms with Crippen LogP contribution in [0.5, 0.6) is 0 Å². The average molecular weight is 445 g/mol. The van der Waals surface area contributed by atoms with E-state index in [9.17, 15) is 17.6 Å². The zero-order chi connectivity index (χ0) is 22.2. The fraction of sp³-hybridized carbons (Fsp3) is 0.150. The third-order valence-corrected chi connectivity index (χ3v) is 6.14. The molecule has 0 aliphatic rings. The molecule has 0 radical (unpaired) electrons. The fourth-order valence-corrected chi connectivity index (χ4v) is 4.35. The summed E-state index contributed by atoms with van der Waals surface area (Å²) >= 11 is 0. The monoisotopic (exact) mass is 445 g/mol. The van der Waals surface area contributed by atoms with Crippen LogP contribution >= 0.6 is 0 Å². The van der Waals surface area contributed by atoms with Crippen molar-refractivity contribution in [2.75, 3.05) is 10.5 Å². The Morgan fingerprint density at radius 1 is 1.16 bits per heavy atom. The Bertz CT molecular complexity index is 1380. The molecule has 11 heteroatoms. The summed E-state index contributed by atoms with van der Waals surface area (Å²) in [5.74, 6) is -3.56. The number of aromatic amines is 2. The van der Waals surface area contributed by atoms with Gasteiger partial charge in [-0.25, -0.2) is 22.2 Å². The first-order valence-corrected chi connectivity index (χ1v) is 11.0. The van der Waals surface area contributed by atoms with Gasteiger partial charge >= 0.3 is 0 Å². The number of carbonyl (C=O) groups is 1. The summed E-state index contributed by atoms with van der Waals surface area (Å²) in [5, 5.41) is 6.90. The van der Waals surface area contributed by atoms with E-state index in [1.54, 1.807) is 31.6 Å². The highest BCUT2D eigenvalue weighted by atomic mass is 32.2. The number of rotatable bonds is 7. The number of halogens is 2. The van der Waals surface area contributed by atoms with Crippen molar-refractivity contribution in [1.29, 1.82) is 0 Å². The number of carbonyl (C=O) groups excluding carboxylic acids is 1. The van der Waals surface area contributed by atoms with E-state index in [4.69, 9.17) is 0 Å². The summed E-state index contributed by atoms with van der Waals surface area (Å²) < 4.78 is 55.6. The summed E-state index contributed by atoms with van der Waals surface area (Å²) in [5.41, 5.74) is 0.382. The molecule has 8 nitrogen and oxygen atoms in total. The van der Waals surface area contributed by atoms with Crippen molar-refractivity contribution in [3.63, 3.8) is 0 Å². The van der Waals surface area contributed by atoms with Gasteiger partial charge in [-0.3, -0.25) is 14.6 Å². The number of anilines is 1. The normalized spacial score (nSPS) is 11.7. The predicted molar refractivity (Wildman–Crippen MR) is 111 cm³/mol. The van der Waals surface area contributed by atoms with Crippen LogP contribution in [0.25, 0.3) is 22.2 Å². The highest BCUT2D eigenvalue weighted by Gasteiger charge is 2.26. The summed E-state index contributed by atoms with van der Waals surface area (Å²) in [7, 11) is -3.83. The van der Waals surface area contributed by atoms with Gasteiger partial charge in [0.1, 0.15) is 11.5 Å². The number of nitrogens with zero attached hydrogens (tertiary/aromatic N) is 2. The van der Waals surface area contributed by atoms with Crippen LogP contribution in [0, 0.1) is 11.6 Å². The summed E-state index contributed by atoms with van der Waals surface area (Å²) in [6, 6.07) is 3.45. The standard InChI is InChI=1S/C20H17F2N5O3S/c1-2-5-31(29,30)27-16-4-3-15(21)17(18(16)22)19(28)14-10-24-20-13(14)6-11(7-23-20)12-8-25-26-9-12/h3-4,6-10,27H,2,5H2,1H3,(H,23,24)(H,25,26). The van der Waals surface area contributed by atoms with Crippen molar-refractivity contribution in [3.8, 4) is 11.1 Å². The Labute approximate surface area is 175 Å². The number of hydrogen-bond acceptors (Lipinski definition) is 5. The Morgan fingerprint density at radius 3 is 2.68 bits per heavy atom. The topological polar surface area (TPSA) is 121 Å². The van der Waals surface area contributed by atoms with Gasteiger partial charge in [-0.15, -0.1) is 0 Å². The van der Waals surface area contributed by atoms with Gasteiger partial charge in [0.2, 0.25) is 15.8 Å². The Hall–Kier alpha value is -3.60. The number of sulfonamides is 1. The number of pyridine rings is 1. The molecule has 4 aromatic rings. The quantitative estimate of drug-likeness (QED) is 0.375. The maximum Gasteiger partial charge on any atom is 0.232 e. The molecule has 3 aromatic heterocycles. The zero-order valence-electron chi connectivity index (χ0n) is 16.2. The van der Waals surface area contributed by atoms with Gasteiger partial charge < -0.3 is 4.98 Å². The summed E-state index contributed by atoms with van der Waals surface area (Å²) in [4.78, 5) is 20.1. The van der Waals surface area contributed by atoms with E-state index in [1.165, 1.54) is 6.20 Å². The van der Waals surface area contributed by atoms with Crippen LogP contribution in [0.15, 0.2) is 43.0 Å². The molecule has 0 saturated carbocycles. The first kappa shape index (κ1) is 20.7. The Morgan fingerprint density at radius 2 is 1.97 bits per heavy atom. The molecule has 0 aliphatic heterocycles. The molecule has 0 unspecified atom stereocenters. The third-order valence-electron chi connectivity index (χ3n) is 4.66. The number of aromatic nitrogens is 4. The minimum Gasteiger partial charge on any atom is -0.345 e. The lowest BCUT2D eigenvalue weighted by atomic mass is 10.0. The van der Waals surface area contributed by atoms with Crippen molar-refractivity contribution in [2.45, 2.75) is 13.3 Å². The van der Waals surface area contributed by atoms with E-state index >= 15 is 4.39 Å². The van der Waals surface area contributed by atoms with E-state index in [0.29, 0.717) is 23.0 Å². The summed E-state index contributed by atoms with van der Waals surface area (Å²) in [6.45, 7) is 1.65. The van der Waals surface area contributed by atoms with Gasteiger partial charge in [0, 0.05) is 40.7 Å². The van der Waals surface area contributed by atoms with Crippen molar-refractivity contribution < 1.29 is 22.0 Å². The highest BCUT2D eigenvalue weighted by Crippen LogP contribution is 2.29. The average Bonchev–Trinajstić information content (AvgIpc) is 3.39. The molecule has 3 heterocycles. The maximum atomic E-state index is 15.0. The largest absolute Gasteiger partial charge is 0.345 e. The lowest BCUT2D eigenvalue weighted by Crippen LogP contribution is -2.18. The van der Waals surface area contributed by atoms with Crippen LogP contribution in [-0.2, 0) is 10.0 Å². The molecule has 3 N–H and O–H groups in total. The first-order valence-electron chi connectivity index (χ1n) is 9.30. The van der Waals surface area contributed by atoms with Gasteiger partial charge in [-0.1, -0.05) is 6.92 Å². The van der Waals surface area contributed by atoms with E-state index < -0.39 is 38.7 Å². The van der Waals surface area contributed by atoms with Crippen LogP contribution in [0.1, 0.15) is 29.3 Å². The van der Waals surface area contributed by atoms with Gasteiger partial charge in [0.15, 0.2) is 5.82 Å². The highest BCUT2D eigenvalue weighted by molar-refractivity contribution is 7.92. The second-order valence-electron chi connectivity index (χ2n) is 6.84. The second-order valence-corrected chi connectivity index (χ2v) is 8.69. The number of ketones is 1. The summed E-state index contributed by atoms with van der Waals surface area (Å²) in [6.07, 6.45) is 6.41. The fourth-order valence-electron chi connectivity index (χ4n) is 3.22. The molecule has 1 aromatic carbocycles. The van der Waals surface area contributed by atoms with E-state index in [2.05, 4.69) is 24.9 Å².